The second-order valence-electron chi connectivity index (χ2n) is 4.57. The van der Waals surface area contributed by atoms with Gasteiger partial charge in [0.15, 0.2) is 0 Å². The van der Waals surface area contributed by atoms with Crippen molar-refractivity contribution in [2.75, 3.05) is 0 Å². The smallest absolute Gasteiger partial charge is 0.126 e. The first-order chi connectivity index (χ1) is 7.09. The molecule has 1 aliphatic carbocycles. The average Bonchev–Trinajstić information content (AvgIpc) is 2.53. The fourth-order valence-corrected chi connectivity index (χ4v) is 2.79. The standard InChI is InChI=1S/C13H16ClF/c1-8-7-10(3-6-13(8)15)11-4-5-12(14)9(11)2/h3,6-7,9,11-12H,4-5H2,1-2H3. The number of benzene rings is 1. The first-order valence-electron chi connectivity index (χ1n) is 5.49. The lowest BCUT2D eigenvalue weighted by Crippen LogP contribution is -2.09. The van der Waals surface area contributed by atoms with Crippen molar-refractivity contribution in [2.45, 2.75) is 38.0 Å². The minimum Gasteiger partial charge on any atom is -0.207 e. The summed E-state index contributed by atoms with van der Waals surface area (Å²) in [4.78, 5) is 0. The molecule has 0 heterocycles. The van der Waals surface area contributed by atoms with Crippen LogP contribution in [0.4, 0.5) is 4.39 Å². The molecule has 0 aromatic heterocycles. The molecule has 2 rings (SSSR count). The minimum absolute atomic E-state index is 0.119. The van der Waals surface area contributed by atoms with Crippen LogP contribution in [0, 0.1) is 18.7 Å². The molecule has 0 N–H and O–H groups in total. The summed E-state index contributed by atoms with van der Waals surface area (Å²) in [5.74, 6) is 0.884. The Morgan fingerprint density at radius 1 is 1.33 bits per heavy atom. The molecule has 0 amide bonds. The topological polar surface area (TPSA) is 0 Å². The van der Waals surface area contributed by atoms with Crippen LogP contribution in [-0.2, 0) is 0 Å². The van der Waals surface area contributed by atoms with Crippen LogP contribution >= 0.6 is 11.6 Å². The van der Waals surface area contributed by atoms with Gasteiger partial charge >= 0.3 is 0 Å². The lowest BCUT2D eigenvalue weighted by Gasteiger charge is -2.18. The van der Waals surface area contributed by atoms with Crippen LogP contribution in [0.2, 0.25) is 0 Å². The van der Waals surface area contributed by atoms with Gasteiger partial charge in [-0.05, 0) is 48.8 Å². The van der Waals surface area contributed by atoms with Crippen LogP contribution in [0.5, 0.6) is 0 Å². The van der Waals surface area contributed by atoms with Gasteiger partial charge in [0.05, 0.1) is 0 Å². The maximum atomic E-state index is 13.1. The van der Waals surface area contributed by atoms with Gasteiger partial charge in [-0.2, -0.15) is 0 Å². The van der Waals surface area contributed by atoms with Gasteiger partial charge in [0.1, 0.15) is 5.82 Å². The third kappa shape index (κ3) is 2.03. The van der Waals surface area contributed by atoms with E-state index in [1.165, 1.54) is 5.56 Å². The van der Waals surface area contributed by atoms with Gasteiger partial charge in [-0.3, -0.25) is 0 Å². The molecule has 0 radical (unpaired) electrons. The minimum atomic E-state index is -0.119. The van der Waals surface area contributed by atoms with E-state index >= 15 is 0 Å². The summed E-state index contributed by atoms with van der Waals surface area (Å²) in [6.07, 6.45) is 2.20. The van der Waals surface area contributed by atoms with Crippen LogP contribution in [0.25, 0.3) is 0 Å². The summed E-state index contributed by atoms with van der Waals surface area (Å²) >= 11 is 6.20. The quantitative estimate of drug-likeness (QED) is 0.628. The first kappa shape index (κ1) is 10.9. The summed E-state index contributed by atoms with van der Waals surface area (Å²) in [7, 11) is 0. The molecule has 3 unspecified atom stereocenters. The van der Waals surface area contributed by atoms with Gasteiger partial charge in [0.2, 0.25) is 0 Å². The van der Waals surface area contributed by atoms with Crippen LogP contribution in [-0.4, -0.2) is 5.38 Å². The third-order valence-electron chi connectivity index (χ3n) is 3.57. The summed E-state index contributed by atoms with van der Waals surface area (Å²) in [6.45, 7) is 4.00. The molecule has 1 aliphatic rings. The molecule has 0 saturated heterocycles. The van der Waals surface area contributed by atoms with Gasteiger partial charge in [0, 0.05) is 5.38 Å². The van der Waals surface area contributed by atoms with Crippen molar-refractivity contribution >= 4 is 11.6 Å². The Hall–Kier alpha value is -0.560. The molecule has 2 heteroatoms. The first-order valence-corrected chi connectivity index (χ1v) is 5.93. The summed E-state index contributed by atoms with van der Waals surface area (Å²) in [6, 6.07) is 5.43. The van der Waals surface area contributed by atoms with E-state index in [1.54, 1.807) is 6.07 Å². The Morgan fingerprint density at radius 2 is 2.07 bits per heavy atom. The largest absolute Gasteiger partial charge is 0.207 e. The molecule has 1 aromatic carbocycles. The van der Waals surface area contributed by atoms with Gasteiger partial charge in [-0.15, -0.1) is 11.6 Å². The van der Waals surface area contributed by atoms with Crippen molar-refractivity contribution in [3.8, 4) is 0 Å². The Kier molecular flexibility index (Phi) is 3.01. The van der Waals surface area contributed by atoms with E-state index in [0.29, 0.717) is 11.8 Å². The van der Waals surface area contributed by atoms with Crippen LogP contribution in [0.1, 0.15) is 36.8 Å². The number of hydrogen-bond acceptors (Lipinski definition) is 0. The van der Waals surface area contributed by atoms with E-state index in [0.717, 1.165) is 18.4 Å². The Balaban J connectivity index is 2.26. The van der Waals surface area contributed by atoms with E-state index in [-0.39, 0.29) is 11.2 Å². The zero-order valence-electron chi connectivity index (χ0n) is 9.13. The number of alkyl halides is 1. The van der Waals surface area contributed by atoms with Gasteiger partial charge in [-0.25, -0.2) is 4.39 Å². The summed E-state index contributed by atoms with van der Waals surface area (Å²) in [5, 5.41) is 0.278. The van der Waals surface area contributed by atoms with E-state index in [1.807, 2.05) is 19.1 Å². The fourth-order valence-electron chi connectivity index (χ4n) is 2.49. The SMILES string of the molecule is Cc1cc(C2CCC(Cl)C2C)ccc1F. The highest BCUT2D eigenvalue weighted by molar-refractivity contribution is 6.21. The predicted molar refractivity (Wildman–Crippen MR) is 61.9 cm³/mol. The second-order valence-corrected chi connectivity index (χ2v) is 5.13. The van der Waals surface area contributed by atoms with E-state index < -0.39 is 0 Å². The van der Waals surface area contributed by atoms with Crippen LogP contribution in [0.3, 0.4) is 0 Å². The van der Waals surface area contributed by atoms with Crippen LogP contribution in [0.15, 0.2) is 18.2 Å². The molecule has 0 nitrogen and oxygen atoms in total. The Morgan fingerprint density at radius 3 is 2.60 bits per heavy atom. The summed E-state index contributed by atoms with van der Waals surface area (Å²) in [5.41, 5.74) is 1.97. The van der Waals surface area contributed by atoms with Gasteiger partial charge in [0.25, 0.3) is 0 Å². The Bertz CT molecular complexity index is 362. The maximum Gasteiger partial charge on any atom is 0.126 e. The van der Waals surface area contributed by atoms with Crippen molar-refractivity contribution in [3.05, 3.63) is 35.1 Å². The fraction of sp³-hybridized carbons (Fsp3) is 0.538. The molecule has 0 spiro atoms. The third-order valence-corrected chi connectivity index (χ3v) is 4.18. The number of halogens is 2. The van der Waals surface area contributed by atoms with Crippen molar-refractivity contribution in [1.29, 1.82) is 0 Å². The molecule has 1 saturated carbocycles. The highest BCUT2D eigenvalue weighted by Gasteiger charge is 2.32. The van der Waals surface area contributed by atoms with E-state index in [2.05, 4.69) is 6.92 Å². The highest BCUT2D eigenvalue weighted by Crippen LogP contribution is 2.42. The Labute approximate surface area is 95.4 Å². The van der Waals surface area contributed by atoms with Crippen LogP contribution < -0.4 is 0 Å². The normalized spacial score (nSPS) is 30.8. The zero-order chi connectivity index (χ0) is 11.0. The number of hydrogen-bond donors (Lipinski definition) is 0. The predicted octanol–water partition coefficient (Wildman–Crippen LogP) is 4.26. The zero-order valence-corrected chi connectivity index (χ0v) is 9.89. The summed E-state index contributed by atoms with van der Waals surface area (Å²) < 4.78 is 13.1. The van der Waals surface area contributed by atoms with Gasteiger partial charge < -0.3 is 0 Å². The molecule has 15 heavy (non-hydrogen) atoms. The molecule has 1 aromatic rings. The lowest BCUT2D eigenvalue weighted by atomic mass is 9.89. The van der Waals surface area contributed by atoms with Gasteiger partial charge in [-0.1, -0.05) is 19.1 Å². The molecular formula is C13H16ClF. The van der Waals surface area contributed by atoms with Crippen molar-refractivity contribution in [3.63, 3.8) is 0 Å². The molecule has 0 aliphatic heterocycles. The van der Waals surface area contributed by atoms with Crippen molar-refractivity contribution < 1.29 is 4.39 Å². The number of aryl methyl sites for hydroxylation is 1. The highest BCUT2D eigenvalue weighted by atomic mass is 35.5. The monoisotopic (exact) mass is 226 g/mol. The van der Waals surface area contributed by atoms with E-state index in [9.17, 15) is 4.39 Å². The molecule has 1 fully saturated rings. The molecule has 82 valence electrons. The van der Waals surface area contributed by atoms with Crippen molar-refractivity contribution in [1.82, 2.24) is 0 Å². The number of rotatable bonds is 1. The second kappa shape index (κ2) is 4.13. The van der Waals surface area contributed by atoms with E-state index in [4.69, 9.17) is 11.6 Å². The maximum absolute atomic E-state index is 13.1. The molecule has 3 atom stereocenters. The van der Waals surface area contributed by atoms with Crippen molar-refractivity contribution in [2.24, 2.45) is 5.92 Å². The average molecular weight is 227 g/mol. The molecule has 0 bridgehead atoms. The lowest BCUT2D eigenvalue weighted by molar-refractivity contribution is 0.535. The molecular weight excluding hydrogens is 211 g/mol.